The first-order valence-corrected chi connectivity index (χ1v) is 12.3. The van der Waals surface area contributed by atoms with E-state index in [-0.39, 0.29) is 17.1 Å². The molecule has 29 heavy (non-hydrogen) atoms. The van der Waals surface area contributed by atoms with E-state index in [1.807, 2.05) is 13.0 Å². The summed E-state index contributed by atoms with van der Waals surface area (Å²) >= 11 is 4.57. The maximum absolute atomic E-state index is 12.7. The van der Waals surface area contributed by atoms with Crippen LogP contribution in [0.15, 0.2) is 56.9 Å². The number of ketones is 1. The molecule has 0 unspecified atom stereocenters. The van der Waals surface area contributed by atoms with E-state index in [0.29, 0.717) is 33.9 Å². The van der Waals surface area contributed by atoms with Crippen molar-refractivity contribution < 1.29 is 13.2 Å². The normalized spacial score (nSPS) is 11.6. The van der Waals surface area contributed by atoms with Crippen molar-refractivity contribution in [2.75, 3.05) is 16.7 Å². The van der Waals surface area contributed by atoms with Crippen LogP contribution in [0.5, 0.6) is 0 Å². The Morgan fingerprint density at radius 3 is 2.52 bits per heavy atom. The molecule has 0 spiro atoms. The van der Waals surface area contributed by atoms with E-state index in [4.69, 9.17) is 0 Å². The molecule has 0 amide bonds. The second kappa shape index (κ2) is 8.68. The molecule has 2 aromatic carbocycles. The highest BCUT2D eigenvalue weighted by molar-refractivity contribution is 9.10. The molecule has 0 saturated heterocycles. The largest absolute Gasteiger partial charge is 0.293 e. The number of hydrogen-bond acceptors (Lipinski definition) is 6. The van der Waals surface area contributed by atoms with Crippen molar-refractivity contribution in [3.05, 3.63) is 62.9 Å². The SMILES string of the molecule is CCn1c(SCC(=O)c2ccc(NS(C)(=O)=O)cc2)nc2ccc(Br)cc2c1=O. The van der Waals surface area contributed by atoms with Crippen LogP contribution in [0.4, 0.5) is 5.69 Å². The van der Waals surface area contributed by atoms with Gasteiger partial charge < -0.3 is 0 Å². The van der Waals surface area contributed by atoms with Crippen molar-refractivity contribution in [1.82, 2.24) is 9.55 Å². The molecule has 0 bridgehead atoms. The Hall–Kier alpha value is -2.17. The summed E-state index contributed by atoms with van der Waals surface area (Å²) in [6, 6.07) is 11.5. The molecule has 0 aliphatic rings. The van der Waals surface area contributed by atoms with Gasteiger partial charge >= 0.3 is 0 Å². The van der Waals surface area contributed by atoms with Gasteiger partial charge in [0.25, 0.3) is 5.56 Å². The van der Waals surface area contributed by atoms with Gasteiger partial charge in [-0.3, -0.25) is 18.9 Å². The van der Waals surface area contributed by atoms with Crippen molar-refractivity contribution in [2.24, 2.45) is 0 Å². The highest BCUT2D eigenvalue weighted by atomic mass is 79.9. The molecule has 0 aliphatic heterocycles. The topological polar surface area (TPSA) is 98.1 Å². The molecule has 0 saturated carbocycles. The maximum atomic E-state index is 12.7. The van der Waals surface area contributed by atoms with Crippen LogP contribution in [0.1, 0.15) is 17.3 Å². The van der Waals surface area contributed by atoms with E-state index in [0.717, 1.165) is 10.7 Å². The predicted molar refractivity (Wildman–Crippen MR) is 119 cm³/mol. The van der Waals surface area contributed by atoms with E-state index in [1.165, 1.54) is 23.9 Å². The number of nitrogens with zero attached hydrogens (tertiary/aromatic N) is 2. The maximum Gasteiger partial charge on any atom is 0.262 e. The Balaban J connectivity index is 1.80. The Labute approximate surface area is 180 Å². The lowest BCUT2D eigenvalue weighted by Gasteiger charge is -2.11. The molecule has 0 atom stereocenters. The summed E-state index contributed by atoms with van der Waals surface area (Å²) < 4.78 is 27.2. The highest BCUT2D eigenvalue weighted by Crippen LogP contribution is 2.22. The zero-order valence-electron chi connectivity index (χ0n) is 15.7. The average Bonchev–Trinajstić information content (AvgIpc) is 2.66. The molecule has 3 rings (SSSR count). The molecule has 7 nitrogen and oxygen atoms in total. The van der Waals surface area contributed by atoms with Gasteiger partial charge in [-0.25, -0.2) is 13.4 Å². The Bertz CT molecular complexity index is 1240. The molecule has 1 aromatic heterocycles. The molecule has 152 valence electrons. The van der Waals surface area contributed by atoms with Gasteiger partial charge in [-0.2, -0.15) is 0 Å². The number of aromatic nitrogens is 2. The van der Waals surface area contributed by atoms with Crippen LogP contribution in [-0.2, 0) is 16.6 Å². The summed E-state index contributed by atoms with van der Waals surface area (Å²) in [5.41, 5.74) is 1.27. The molecule has 3 aromatic rings. The van der Waals surface area contributed by atoms with Crippen LogP contribution < -0.4 is 10.3 Å². The second-order valence-electron chi connectivity index (χ2n) is 6.27. The minimum absolute atomic E-state index is 0.104. The minimum atomic E-state index is -3.37. The number of sulfonamides is 1. The van der Waals surface area contributed by atoms with E-state index < -0.39 is 10.0 Å². The molecule has 1 heterocycles. The fourth-order valence-electron chi connectivity index (χ4n) is 2.71. The first-order valence-electron chi connectivity index (χ1n) is 8.62. The molecular formula is C19H18BrN3O4S2. The highest BCUT2D eigenvalue weighted by Gasteiger charge is 2.14. The van der Waals surface area contributed by atoms with Crippen LogP contribution >= 0.6 is 27.7 Å². The smallest absolute Gasteiger partial charge is 0.262 e. The van der Waals surface area contributed by atoms with Gasteiger partial charge in [-0.1, -0.05) is 27.7 Å². The van der Waals surface area contributed by atoms with Crippen LogP contribution in [-0.4, -0.2) is 35.8 Å². The van der Waals surface area contributed by atoms with Crippen LogP contribution in [0.3, 0.4) is 0 Å². The summed E-state index contributed by atoms with van der Waals surface area (Å²) in [6.45, 7) is 2.29. The third-order valence-electron chi connectivity index (χ3n) is 4.04. The lowest BCUT2D eigenvalue weighted by atomic mass is 10.1. The third-order valence-corrected chi connectivity index (χ3v) is 6.12. The standard InChI is InChI=1S/C19H18BrN3O4S2/c1-3-23-18(25)15-10-13(20)6-9-16(15)21-19(23)28-11-17(24)12-4-7-14(8-5-12)22-29(2,26)27/h4-10,22H,3,11H2,1-2H3. The van der Waals surface area contributed by atoms with Gasteiger partial charge in [0.05, 0.1) is 22.9 Å². The number of thioether (sulfide) groups is 1. The number of carbonyl (C=O) groups excluding carboxylic acids is 1. The molecule has 0 aliphatic carbocycles. The van der Waals surface area contributed by atoms with Gasteiger partial charge in [-0.05, 0) is 49.4 Å². The Kier molecular flexibility index (Phi) is 6.45. The summed E-state index contributed by atoms with van der Waals surface area (Å²) in [7, 11) is -3.37. The van der Waals surface area contributed by atoms with Crippen LogP contribution in [0, 0.1) is 0 Å². The van der Waals surface area contributed by atoms with Crippen molar-refractivity contribution in [1.29, 1.82) is 0 Å². The van der Waals surface area contributed by atoms with Gasteiger partial charge in [0.15, 0.2) is 10.9 Å². The number of rotatable bonds is 7. The number of halogens is 1. The Morgan fingerprint density at radius 1 is 1.21 bits per heavy atom. The lowest BCUT2D eigenvalue weighted by molar-refractivity contribution is 0.102. The number of fused-ring (bicyclic) bond motifs is 1. The van der Waals surface area contributed by atoms with E-state index >= 15 is 0 Å². The first kappa shape index (κ1) is 21.5. The third kappa shape index (κ3) is 5.26. The van der Waals surface area contributed by atoms with Crippen molar-refractivity contribution in [2.45, 2.75) is 18.6 Å². The van der Waals surface area contributed by atoms with Crippen LogP contribution in [0.25, 0.3) is 10.9 Å². The minimum Gasteiger partial charge on any atom is -0.293 e. The van der Waals surface area contributed by atoms with Crippen molar-refractivity contribution in [3.8, 4) is 0 Å². The van der Waals surface area contributed by atoms with E-state index in [1.54, 1.807) is 28.8 Å². The number of nitrogens with one attached hydrogen (secondary N) is 1. The zero-order valence-corrected chi connectivity index (χ0v) is 18.9. The van der Waals surface area contributed by atoms with Gasteiger partial charge in [0.1, 0.15) is 0 Å². The lowest BCUT2D eigenvalue weighted by Crippen LogP contribution is -2.23. The van der Waals surface area contributed by atoms with Gasteiger partial charge in [-0.15, -0.1) is 0 Å². The number of hydrogen-bond donors (Lipinski definition) is 1. The van der Waals surface area contributed by atoms with E-state index in [2.05, 4.69) is 25.6 Å². The number of benzene rings is 2. The van der Waals surface area contributed by atoms with Gasteiger partial charge in [0, 0.05) is 22.3 Å². The molecule has 1 N–H and O–H groups in total. The Morgan fingerprint density at radius 2 is 1.90 bits per heavy atom. The first-order chi connectivity index (χ1) is 13.7. The summed E-state index contributed by atoms with van der Waals surface area (Å²) in [5.74, 6) is -0.0402. The molecule has 0 radical (unpaired) electrons. The monoisotopic (exact) mass is 495 g/mol. The predicted octanol–water partition coefficient (Wildman–Crippen LogP) is 3.53. The number of carbonyl (C=O) groups is 1. The average molecular weight is 496 g/mol. The van der Waals surface area contributed by atoms with Gasteiger partial charge in [0.2, 0.25) is 10.0 Å². The second-order valence-corrected chi connectivity index (χ2v) is 9.88. The quantitative estimate of drug-likeness (QED) is 0.305. The molecule has 10 heteroatoms. The summed E-state index contributed by atoms with van der Waals surface area (Å²) in [4.78, 5) is 29.8. The summed E-state index contributed by atoms with van der Waals surface area (Å²) in [6.07, 6.45) is 1.06. The van der Waals surface area contributed by atoms with Crippen molar-refractivity contribution in [3.63, 3.8) is 0 Å². The zero-order chi connectivity index (χ0) is 21.2. The van der Waals surface area contributed by atoms with E-state index in [9.17, 15) is 18.0 Å². The number of Topliss-reactive ketones (excluding diaryl/α,β-unsaturated/α-hetero) is 1. The fraction of sp³-hybridized carbons (Fsp3) is 0.211. The van der Waals surface area contributed by atoms with Crippen LogP contribution in [0.2, 0.25) is 0 Å². The molecular weight excluding hydrogens is 478 g/mol. The fourth-order valence-corrected chi connectivity index (χ4v) is 4.60. The van der Waals surface area contributed by atoms with Crippen molar-refractivity contribution >= 4 is 60.1 Å². The number of anilines is 1. The summed E-state index contributed by atoms with van der Waals surface area (Å²) in [5, 5.41) is 1.00. The molecule has 0 fully saturated rings.